The maximum absolute atomic E-state index is 11.2. The van der Waals surface area contributed by atoms with Gasteiger partial charge in [-0.25, -0.2) is 9.78 Å². The molecule has 0 fully saturated rings. The maximum atomic E-state index is 11.2. The maximum Gasteiger partial charge on any atom is 0.347 e. The number of para-hydroxylation sites is 3. The average Bonchev–Trinajstić information content (AvgIpc) is 3.24. The van der Waals surface area contributed by atoms with E-state index in [1.165, 1.54) is 13.8 Å². The number of nitrogens with one attached hydrogen (secondary N) is 1. The van der Waals surface area contributed by atoms with Gasteiger partial charge >= 0.3 is 5.97 Å². The van der Waals surface area contributed by atoms with Gasteiger partial charge in [-0.1, -0.05) is 42.5 Å². The van der Waals surface area contributed by atoms with Gasteiger partial charge in [0.15, 0.2) is 17.3 Å². The molecule has 170 valence electrons. The van der Waals surface area contributed by atoms with E-state index in [0.717, 1.165) is 16.8 Å². The van der Waals surface area contributed by atoms with E-state index in [1.807, 2.05) is 66.7 Å². The number of fused-ring (bicyclic) bond motifs is 1. The summed E-state index contributed by atoms with van der Waals surface area (Å²) in [4.78, 5) is 15.8. The predicted molar refractivity (Wildman–Crippen MR) is 124 cm³/mol. The van der Waals surface area contributed by atoms with Crippen LogP contribution in [-0.4, -0.2) is 28.2 Å². The Hall–Kier alpha value is -3.84. The third-order valence-electron chi connectivity index (χ3n) is 5.08. The molecule has 2 N–H and O–H groups in total. The first-order valence-corrected chi connectivity index (χ1v) is 10.7. The summed E-state index contributed by atoms with van der Waals surface area (Å²) in [5.74, 6) is 0.723. The number of carboxylic acid groups (broad SMARTS) is 1. The molecular formula is C26H26N2O5. The van der Waals surface area contributed by atoms with E-state index in [9.17, 15) is 9.90 Å². The summed E-state index contributed by atoms with van der Waals surface area (Å²) in [5.41, 5.74) is 1.23. The Morgan fingerprint density at radius 3 is 2.39 bits per heavy atom. The minimum Gasteiger partial charge on any atom is -0.479 e. The number of ether oxygens (including phenoxy) is 2. The van der Waals surface area contributed by atoms with Crippen LogP contribution in [0, 0.1) is 0 Å². The molecule has 0 aliphatic carbocycles. The first-order chi connectivity index (χ1) is 15.9. The number of carbonyl (C=O) groups is 1. The van der Waals surface area contributed by atoms with Crippen LogP contribution in [-0.2, 0) is 11.3 Å². The zero-order valence-corrected chi connectivity index (χ0v) is 18.5. The van der Waals surface area contributed by atoms with E-state index < -0.39 is 17.7 Å². The molecule has 1 aromatic heterocycles. The molecule has 0 saturated heterocycles. The van der Waals surface area contributed by atoms with Crippen LogP contribution in [0.4, 0.5) is 0 Å². The van der Waals surface area contributed by atoms with Gasteiger partial charge in [-0.15, -0.1) is 0 Å². The Morgan fingerprint density at radius 1 is 1.00 bits per heavy atom. The number of aromatic nitrogens is 1. The topological polar surface area (TPSA) is 93.8 Å². The van der Waals surface area contributed by atoms with Crippen LogP contribution in [0.2, 0.25) is 0 Å². The Morgan fingerprint density at radius 2 is 1.70 bits per heavy atom. The zero-order valence-electron chi connectivity index (χ0n) is 18.5. The predicted octanol–water partition coefficient (Wildman–Crippen LogP) is 4.98. The molecule has 0 amide bonds. The van der Waals surface area contributed by atoms with Crippen LogP contribution in [0.5, 0.6) is 11.5 Å². The molecule has 0 spiro atoms. The van der Waals surface area contributed by atoms with Crippen molar-refractivity contribution in [1.29, 1.82) is 0 Å². The van der Waals surface area contributed by atoms with Gasteiger partial charge in [0, 0.05) is 13.1 Å². The summed E-state index contributed by atoms with van der Waals surface area (Å²) in [6.07, 6.45) is -0.418. The second kappa shape index (κ2) is 9.75. The smallest absolute Gasteiger partial charge is 0.347 e. The summed E-state index contributed by atoms with van der Waals surface area (Å²) < 4.78 is 17.7. The fourth-order valence-corrected chi connectivity index (χ4v) is 3.23. The molecule has 1 unspecified atom stereocenters. The molecule has 4 rings (SSSR count). The van der Waals surface area contributed by atoms with Crippen LogP contribution in [0.1, 0.15) is 31.4 Å². The molecule has 0 radical (unpaired) electrons. The number of hydrogen-bond acceptors (Lipinski definition) is 6. The summed E-state index contributed by atoms with van der Waals surface area (Å²) >= 11 is 0. The minimum absolute atomic E-state index is 0.418. The lowest BCUT2D eigenvalue weighted by atomic mass is 10.1. The van der Waals surface area contributed by atoms with Crippen molar-refractivity contribution in [3.63, 3.8) is 0 Å². The molecule has 3 aromatic carbocycles. The molecule has 33 heavy (non-hydrogen) atoms. The summed E-state index contributed by atoms with van der Waals surface area (Å²) in [6, 6.07) is 24.5. The van der Waals surface area contributed by atoms with Crippen molar-refractivity contribution in [3.05, 3.63) is 90.3 Å². The third kappa shape index (κ3) is 5.70. The van der Waals surface area contributed by atoms with Crippen molar-refractivity contribution in [1.82, 2.24) is 10.3 Å². The highest BCUT2D eigenvalue weighted by Gasteiger charge is 2.29. The fourth-order valence-electron chi connectivity index (χ4n) is 3.23. The van der Waals surface area contributed by atoms with Crippen molar-refractivity contribution in [3.8, 4) is 11.5 Å². The van der Waals surface area contributed by atoms with Gasteiger partial charge in [0.25, 0.3) is 0 Å². The summed E-state index contributed by atoms with van der Waals surface area (Å²) in [7, 11) is 0. The molecule has 0 bridgehead atoms. The van der Waals surface area contributed by atoms with Gasteiger partial charge in [-0.05, 0) is 55.8 Å². The monoisotopic (exact) mass is 446 g/mol. The van der Waals surface area contributed by atoms with Crippen LogP contribution >= 0.6 is 0 Å². The Balaban J connectivity index is 1.42. The number of nitrogens with zero attached hydrogens (tertiary/aromatic N) is 1. The second-order valence-electron chi connectivity index (χ2n) is 8.13. The van der Waals surface area contributed by atoms with E-state index in [4.69, 9.17) is 13.9 Å². The average molecular weight is 447 g/mol. The van der Waals surface area contributed by atoms with E-state index in [0.29, 0.717) is 30.3 Å². The quantitative estimate of drug-likeness (QED) is 0.355. The Kier molecular flexibility index (Phi) is 6.60. The van der Waals surface area contributed by atoms with Crippen LogP contribution in [0.25, 0.3) is 11.1 Å². The number of aliphatic carboxylic acids is 1. The molecule has 1 heterocycles. The highest BCUT2D eigenvalue weighted by molar-refractivity contribution is 5.76. The zero-order chi connectivity index (χ0) is 23.3. The van der Waals surface area contributed by atoms with E-state index in [2.05, 4.69) is 10.3 Å². The SMILES string of the molecule is CC(C)(Oc1ccc(CNCC(Oc2ccccc2)c2nc3ccccc3o2)cc1)C(=O)O. The largest absolute Gasteiger partial charge is 0.479 e. The molecule has 1 atom stereocenters. The van der Waals surface area contributed by atoms with Crippen LogP contribution in [0.3, 0.4) is 0 Å². The van der Waals surface area contributed by atoms with Crippen molar-refractivity contribution >= 4 is 17.1 Å². The van der Waals surface area contributed by atoms with Gasteiger partial charge in [-0.3, -0.25) is 0 Å². The van der Waals surface area contributed by atoms with Gasteiger partial charge < -0.3 is 24.3 Å². The van der Waals surface area contributed by atoms with Crippen molar-refractivity contribution in [2.24, 2.45) is 0 Å². The van der Waals surface area contributed by atoms with Gasteiger partial charge in [-0.2, -0.15) is 0 Å². The van der Waals surface area contributed by atoms with Crippen LogP contribution < -0.4 is 14.8 Å². The Bertz CT molecular complexity index is 1170. The van der Waals surface area contributed by atoms with E-state index in [1.54, 1.807) is 12.1 Å². The van der Waals surface area contributed by atoms with Crippen molar-refractivity contribution in [2.45, 2.75) is 32.1 Å². The van der Waals surface area contributed by atoms with Gasteiger partial charge in [0.1, 0.15) is 17.0 Å². The highest BCUT2D eigenvalue weighted by Crippen LogP contribution is 2.25. The lowest BCUT2D eigenvalue weighted by molar-refractivity contribution is -0.152. The minimum atomic E-state index is -1.29. The molecule has 0 saturated carbocycles. The summed E-state index contributed by atoms with van der Waals surface area (Å²) in [5, 5.41) is 12.6. The molecule has 0 aliphatic rings. The Labute approximate surface area is 192 Å². The number of hydrogen-bond donors (Lipinski definition) is 2. The normalized spacial score (nSPS) is 12.4. The van der Waals surface area contributed by atoms with Crippen molar-refractivity contribution in [2.75, 3.05) is 6.54 Å². The first-order valence-electron chi connectivity index (χ1n) is 10.7. The lowest BCUT2D eigenvalue weighted by Gasteiger charge is -2.21. The number of benzene rings is 3. The first kappa shape index (κ1) is 22.4. The lowest BCUT2D eigenvalue weighted by Crippen LogP contribution is -2.37. The molecule has 7 heteroatoms. The second-order valence-corrected chi connectivity index (χ2v) is 8.13. The van der Waals surface area contributed by atoms with Gasteiger partial charge in [0.05, 0.1) is 0 Å². The molecule has 4 aromatic rings. The van der Waals surface area contributed by atoms with E-state index >= 15 is 0 Å². The van der Waals surface area contributed by atoms with Crippen molar-refractivity contribution < 1.29 is 23.8 Å². The molecule has 0 aliphatic heterocycles. The number of rotatable bonds is 10. The molecular weight excluding hydrogens is 420 g/mol. The standard InChI is InChI=1S/C26H26N2O5/c1-26(2,25(29)30)33-20-14-12-18(13-15-20)16-27-17-23(31-19-8-4-3-5-9-19)24-28-21-10-6-7-11-22(21)32-24/h3-15,23,27H,16-17H2,1-2H3,(H,29,30). The van der Waals surface area contributed by atoms with E-state index in [-0.39, 0.29) is 0 Å². The highest BCUT2D eigenvalue weighted by atomic mass is 16.5. The molecule has 7 nitrogen and oxygen atoms in total. The van der Waals surface area contributed by atoms with Gasteiger partial charge in [0.2, 0.25) is 5.89 Å². The number of oxazole rings is 1. The number of carboxylic acids is 1. The van der Waals surface area contributed by atoms with Crippen LogP contribution in [0.15, 0.2) is 83.3 Å². The fraction of sp³-hybridized carbons (Fsp3) is 0.231. The summed E-state index contributed by atoms with van der Waals surface area (Å²) in [6.45, 7) is 4.09. The third-order valence-corrected chi connectivity index (χ3v) is 5.08.